The topological polar surface area (TPSA) is 75.4 Å². The molecule has 0 aliphatic carbocycles. The molecule has 0 bridgehead atoms. The lowest BCUT2D eigenvalue weighted by Gasteiger charge is -2.24. The summed E-state index contributed by atoms with van der Waals surface area (Å²) < 4.78 is 30.7. The summed E-state index contributed by atoms with van der Waals surface area (Å²) in [5.74, 6) is 0. The number of nitrogens with zero attached hydrogens (tertiary/aromatic N) is 3. The van der Waals surface area contributed by atoms with Gasteiger partial charge in [0.25, 0.3) is 10.0 Å². The summed E-state index contributed by atoms with van der Waals surface area (Å²) in [5, 5.41) is 14.0. The Kier molecular flexibility index (Phi) is 8.91. The molecule has 1 N–H and O–H groups in total. The Morgan fingerprint density at radius 3 is 1.96 bits per heavy atom. The molecule has 0 spiro atoms. The van der Waals surface area contributed by atoms with Gasteiger partial charge in [0.15, 0.2) is 0 Å². The maximum atomic E-state index is 14.6. The van der Waals surface area contributed by atoms with E-state index in [-0.39, 0.29) is 4.90 Å². The summed E-state index contributed by atoms with van der Waals surface area (Å²) in [5.41, 5.74) is 6.40. The minimum atomic E-state index is -4.11. The van der Waals surface area contributed by atoms with E-state index in [0.29, 0.717) is 29.7 Å². The Morgan fingerprint density at radius 1 is 0.708 bits per heavy atom. The van der Waals surface area contributed by atoms with Crippen molar-refractivity contribution in [1.82, 2.24) is 13.9 Å². The zero-order valence-corrected chi connectivity index (χ0v) is 27.6. The molecule has 0 radical (unpaired) electrons. The van der Waals surface area contributed by atoms with Crippen LogP contribution in [0.2, 0.25) is 0 Å². The zero-order chi connectivity index (χ0) is 33.1. The number of pyridine rings is 1. The number of aliphatic hydroxyl groups excluding tert-OH is 1. The number of rotatable bonds is 11. The minimum absolute atomic E-state index is 0.170. The molecule has 2 aromatic heterocycles. The molecule has 0 amide bonds. The van der Waals surface area contributed by atoms with Gasteiger partial charge in [0.05, 0.1) is 21.6 Å². The number of hydrogen-bond donors (Lipinski definition) is 1. The van der Waals surface area contributed by atoms with Gasteiger partial charge < -0.3 is 5.11 Å². The summed E-state index contributed by atoms with van der Waals surface area (Å²) in [4.78, 5) is 7.05. The van der Waals surface area contributed by atoms with Gasteiger partial charge in [-0.2, -0.15) is 0 Å². The van der Waals surface area contributed by atoms with Crippen LogP contribution in [0.15, 0.2) is 151 Å². The lowest BCUT2D eigenvalue weighted by Crippen LogP contribution is -2.26. The van der Waals surface area contributed by atoms with Crippen LogP contribution in [0.5, 0.6) is 0 Å². The van der Waals surface area contributed by atoms with Crippen LogP contribution in [0.1, 0.15) is 39.6 Å². The van der Waals surface area contributed by atoms with Gasteiger partial charge in [-0.25, -0.2) is 12.4 Å². The van der Waals surface area contributed by atoms with Gasteiger partial charge in [0.1, 0.15) is 6.10 Å². The Balaban J connectivity index is 1.39. The number of para-hydroxylation sites is 2. The predicted molar refractivity (Wildman–Crippen MR) is 192 cm³/mol. The predicted octanol–water partition coefficient (Wildman–Crippen LogP) is 8.06. The number of aromatic nitrogens is 2. The average molecular weight is 652 g/mol. The third kappa shape index (κ3) is 6.28. The third-order valence-electron chi connectivity index (χ3n) is 8.95. The van der Waals surface area contributed by atoms with E-state index >= 15 is 0 Å². The SMILES string of the molecule is Cc1ccc(S(=O)(=O)n2c(C(O)c3ccnc4ccccc34)c(CCN(Cc3ccccc3)Cc3ccccc3)c3ccccc32)cc1. The first-order chi connectivity index (χ1) is 23.4. The van der Waals surface area contributed by atoms with E-state index in [4.69, 9.17) is 0 Å². The fraction of sp³-hybridized carbons (Fsp3) is 0.146. The van der Waals surface area contributed by atoms with E-state index in [1.165, 1.54) is 15.1 Å². The van der Waals surface area contributed by atoms with Crippen LogP contribution in [0, 0.1) is 6.92 Å². The lowest BCUT2D eigenvalue weighted by molar-refractivity contribution is 0.213. The van der Waals surface area contributed by atoms with E-state index in [0.717, 1.165) is 40.5 Å². The first-order valence-corrected chi connectivity index (χ1v) is 17.6. The number of fused-ring (bicyclic) bond motifs is 2. The molecular formula is C41H37N3O3S. The van der Waals surface area contributed by atoms with Crippen molar-refractivity contribution in [3.05, 3.63) is 179 Å². The first-order valence-electron chi connectivity index (χ1n) is 16.2. The molecule has 7 rings (SSSR count). The fourth-order valence-corrected chi connectivity index (χ4v) is 8.16. The molecule has 2 heterocycles. The zero-order valence-electron chi connectivity index (χ0n) is 26.8. The average Bonchev–Trinajstić information content (AvgIpc) is 3.46. The molecule has 7 aromatic rings. The van der Waals surface area contributed by atoms with Gasteiger partial charge in [0.2, 0.25) is 0 Å². The standard InChI is InChI=1S/C41H37N3O3S/c1-30-20-22-33(23-21-30)48(46,47)44-39-19-11-9-17-35(39)36(40(44)41(45)37-24-26-42-38-18-10-8-16-34(37)38)25-27-43(28-31-12-4-2-5-13-31)29-32-14-6-3-7-15-32/h2-24,26,41,45H,25,27-29H2,1H3. The van der Waals surface area contributed by atoms with Gasteiger partial charge in [0, 0.05) is 36.6 Å². The van der Waals surface area contributed by atoms with Crippen LogP contribution < -0.4 is 0 Å². The van der Waals surface area contributed by atoms with E-state index < -0.39 is 16.1 Å². The number of hydrogen-bond acceptors (Lipinski definition) is 5. The van der Waals surface area contributed by atoms with E-state index in [9.17, 15) is 13.5 Å². The molecular weight excluding hydrogens is 615 g/mol. The van der Waals surface area contributed by atoms with Crippen LogP contribution in [0.3, 0.4) is 0 Å². The van der Waals surface area contributed by atoms with Crippen LogP contribution in [-0.4, -0.2) is 33.9 Å². The number of aliphatic hydroxyl groups is 1. The third-order valence-corrected chi connectivity index (χ3v) is 10.7. The van der Waals surface area contributed by atoms with Crippen molar-refractivity contribution in [2.75, 3.05) is 6.54 Å². The van der Waals surface area contributed by atoms with Crippen molar-refractivity contribution < 1.29 is 13.5 Å². The second kappa shape index (κ2) is 13.6. The normalized spacial score (nSPS) is 12.6. The highest BCUT2D eigenvalue weighted by atomic mass is 32.2. The van der Waals surface area contributed by atoms with Crippen molar-refractivity contribution >= 4 is 31.8 Å². The Morgan fingerprint density at radius 2 is 1.29 bits per heavy atom. The molecule has 48 heavy (non-hydrogen) atoms. The van der Waals surface area contributed by atoms with Crippen molar-refractivity contribution in [3.8, 4) is 0 Å². The fourth-order valence-electron chi connectivity index (χ4n) is 6.58. The Hall–Kier alpha value is -5.08. The summed E-state index contributed by atoms with van der Waals surface area (Å²) in [6.45, 7) is 4.02. The smallest absolute Gasteiger partial charge is 0.268 e. The Labute approximate surface area is 281 Å². The Bertz CT molecular complexity index is 2240. The van der Waals surface area contributed by atoms with Gasteiger partial charge >= 0.3 is 0 Å². The maximum Gasteiger partial charge on any atom is 0.268 e. The molecule has 0 saturated heterocycles. The largest absolute Gasteiger partial charge is 0.382 e. The van der Waals surface area contributed by atoms with E-state index in [1.54, 1.807) is 36.5 Å². The molecule has 0 aliphatic heterocycles. The summed E-state index contributed by atoms with van der Waals surface area (Å²) in [6.07, 6.45) is 0.951. The van der Waals surface area contributed by atoms with Crippen molar-refractivity contribution in [1.29, 1.82) is 0 Å². The lowest BCUT2D eigenvalue weighted by atomic mass is 9.97. The molecule has 240 valence electrons. The van der Waals surface area contributed by atoms with E-state index in [1.807, 2.05) is 91.9 Å². The molecule has 1 unspecified atom stereocenters. The highest BCUT2D eigenvalue weighted by Gasteiger charge is 2.32. The highest BCUT2D eigenvalue weighted by Crippen LogP contribution is 2.38. The highest BCUT2D eigenvalue weighted by molar-refractivity contribution is 7.90. The number of aryl methyl sites for hydroxylation is 1. The molecule has 6 nitrogen and oxygen atoms in total. The first kappa shape index (κ1) is 31.5. The summed E-state index contributed by atoms with van der Waals surface area (Å²) in [6, 6.07) is 44.6. The van der Waals surface area contributed by atoms with Crippen LogP contribution in [0.4, 0.5) is 0 Å². The van der Waals surface area contributed by atoms with Gasteiger partial charge in [-0.3, -0.25) is 9.88 Å². The van der Waals surface area contributed by atoms with Gasteiger partial charge in [-0.05, 0) is 65.9 Å². The van der Waals surface area contributed by atoms with E-state index in [2.05, 4.69) is 34.1 Å². The van der Waals surface area contributed by atoms with Gasteiger partial charge in [-0.1, -0.05) is 115 Å². The maximum absolute atomic E-state index is 14.6. The molecule has 0 aliphatic rings. The quantitative estimate of drug-likeness (QED) is 0.153. The molecule has 1 atom stereocenters. The van der Waals surface area contributed by atoms with Crippen LogP contribution >= 0.6 is 0 Å². The van der Waals surface area contributed by atoms with Crippen molar-refractivity contribution in [2.24, 2.45) is 0 Å². The second-order valence-corrected chi connectivity index (χ2v) is 14.0. The molecule has 7 heteroatoms. The van der Waals surface area contributed by atoms with Crippen LogP contribution in [0.25, 0.3) is 21.8 Å². The monoisotopic (exact) mass is 651 g/mol. The van der Waals surface area contributed by atoms with Gasteiger partial charge in [-0.15, -0.1) is 0 Å². The van der Waals surface area contributed by atoms with Crippen molar-refractivity contribution in [2.45, 2.75) is 37.4 Å². The summed E-state index contributed by atoms with van der Waals surface area (Å²) in [7, 11) is -4.11. The molecule has 0 saturated carbocycles. The minimum Gasteiger partial charge on any atom is -0.382 e. The summed E-state index contributed by atoms with van der Waals surface area (Å²) >= 11 is 0. The number of benzene rings is 5. The van der Waals surface area contributed by atoms with Crippen LogP contribution in [-0.2, 0) is 29.5 Å². The van der Waals surface area contributed by atoms with Crippen molar-refractivity contribution in [3.63, 3.8) is 0 Å². The molecule has 5 aromatic carbocycles. The molecule has 0 fully saturated rings. The second-order valence-electron chi connectivity index (χ2n) is 12.2.